The molecule has 1 fully saturated rings. The fourth-order valence-corrected chi connectivity index (χ4v) is 5.13. The lowest BCUT2D eigenvalue weighted by molar-refractivity contribution is -0.117. The molecule has 1 aliphatic heterocycles. The number of benzene rings is 1. The Morgan fingerprint density at radius 2 is 1.92 bits per heavy atom. The van der Waals surface area contributed by atoms with Crippen molar-refractivity contribution >= 4 is 22.5 Å². The molecule has 0 bridgehead atoms. The van der Waals surface area contributed by atoms with E-state index >= 15 is 0 Å². The number of carbonyl (C=O) groups is 1. The van der Waals surface area contributed by atoms with Gasteiger partial charge in [-0.2, -0.15) is 5.10 Å². The molecular weight excluding hydrogens is 353 g/mol. The summed E-state index contributed by atoms with van der Waals surface area (Å²) >= 11 is 0. The predicted molar refractivity (Wildman–Crippen MR) is 98.9 cm³/mol. The molecule has 4 rings (SSSR count). The highest BCUT2D eigenvalue weighted by atomic mass is 32.2. The van der Waals surface area contributed by atoms with E-state index < -0.39 is 10.8 Å². The number of halogens is 1. The van der Waals surface area contributed by atoms with Gasteiger partial charge >= 0.3 is 0 Å². The molecule has 2 aliphatic rings. The third-order valence-corrected chi connectivity index (χ3v) is 6.40. The summed E-state index contributed by atoms with van der Waals surface area (Å²) < 4.78 is 26.8. The summed E-state index contributed by atoms with van der Waals surface area (Å²) in [5.41, 5.74) is 2.27. The van der Waals surface area contributed by atoms with Gasteiger partial charge in [0.15, 0.2) is 0 Å². The Kier molecular flexibility index (Phi) is 4.89. The molecule has 0 unspecified atom stereocenters. The first-order valence-electron chi connectivity index (χ1n) is 9.11. The van der Waals surface area contributed by atoms with Crippen LogP contribution in [0.25, 0.3) is 5.69 Å². The predicted octanol–water partition coefficient (Wildman–Crippen LogP) is 3.68. The van der Waals surface area contributed by atoms with Crippen LogP contribution in [0, 0.1) is 11.7 Å². The van der Waals surface area contributed by atoms with Crippen molar-refractivity contribution in [1.82, 2.24) is 9.78 Å². The van der Waals surface area contributed by atoms with E-state index in [-0.39, 0.29) is 11.7 Å². The molecule has 0 saturated heterocycles. The molecule has 1 aromatic heterocycles. The number of aromatic nitrogens is 2. The van der Waals surface area contributed by atoms with Crippen LogP contribution in [0.1, 0.15) is 49.8 Å². The average Bonchev–Trinajstić information content (AvgIpc) is 3.14. The van der Waals surface area contributed by atoms with E-state index in [2.05, 4.69) is 10.4 Å². The molecule has 2 heterocycles. The van der Waals surface area contributed by atoms with Crippen LogP contribution in [0.2, 0.25) is 0 Å². The molecule has 1 aliphatic carbocycles. The highest BCUT2D eigenvalue weighted by Crippen LogP contribution is 2.32. The lowest BCUT2D eigenvalue weighted by Gasteiger charge is -2.21. The Balaban J connectivity index is 1.60. The molecule has 26 heavy (non-hydrogen) atoms. The normalized spacial score (nSPS) is 20.1. The zero-order valence-corrected chi connectivity index (χ0v) is 15.4. The molecule has 7 heteroatoms. The van der Waals surface area contributed by atoms with Crippen LogP contribution >= 0.6 is 0 Å². The maximum atomic E-state index is 13.2. The number of carbonyl (C=O) groups excluding carboxylic acids is 1. The number of amides is 1. The first-order valence-corrected chi connectivity index (χ1v) is 10.6. The Hall–Kier alpha value is -2.02. The smallest absolute Gasteiger partial charge is 0.225 e. The molecule has 0 radical (unpaired) electrons. The minimum Gasteiger partial charge on any atom is -0.310 e. The van der Waals surface area contributed by atoms with E-state index in [4.69, 9.17) is 0 Å². The molecule has 0 spiro atoms. The quantitative estimate of drug-likeness (QED) is 0.887. The van der Waals surface area contributed by atoms with Crippen LogP contribution in [0.5, 0.6) is 0 Å². The fraction of sp³-hybridized carbons (Fsp3) is 0.474. The number of hydrogen-bond donors (Lipinski definition) is 1. The van der Waals surface area contributed by atoms with Crippen molar-refractivity contribution in [3.05, 3.63) is 41.3 Å². The maximum Gasteiger partial charge on any atom is 0.225 e. The fourth-order valence-electron chi connectivity index (χ4n) is 3.86. The molecule has 138 valence electrons. The third-order valence-electron chi connectivity index (χ3n) is 5.20. The monoisotopic (exact) mass is 375 g/mol. The summed E-state index contributed by atoms with van der Waals surface area (Å²) in [6.45, 7) is 0. The Labute approximate surface area is 154 Å². The Bertz CT molecular complexity index is 841. The van der Waals surface area contributed by atoms with Crippen LogP contribution in [0.15, 0.2) is 24.3 Å². The van der Waals surface area contributed by atoms with Crippen LogP contribution < -0.4 is 5.32 Å². The van der Waals surface area contributed by atoms with Crippen molar-refractivity contribution in [3.63, 3.8) is 0 Å². The van der Waals surface area contributed by atoms with Gasteiger partial charge in [-0.1, -0.05) is 19.3 Å². The first kappa shape index (κ1) is 17.4. The van der Waals surface area contributed by atoms with E-state index in [1.165, 1.54) is 31.4 Å². The minimum atomic E-state index is -0.975. The van der Waals surface area contributed by atoms with Gasteiger partial charge < -0.3 is 5.32 Å². The summed E-state index contributed by atoms with van der Waals surface area (Å²) in [6.07, 6.45) is 6.36. The summed E-state index contributed by atoms with van der Waals surface area (Å²) in [5, 5.41) is 7.53. The standard InChI is InChI=1S/C19H22FN3O2S/c20-14-6-8-15(9-7-14)23-19(16-11-26(25)12-17(16)22-23)21-18(24)10-13-4-2-1-3-5-13/h6-9,13H,1-5,10-12H2,(H,21,24)/t26-/m1/s1. The summed E-state index contributed by atoms with van der Waals surface area (Å²) in [6, 6.07) is 6.00. The minimum absolute atomic E-state index is 0.0272. The second-order valence-corrected chi connectivity index (χ2v) is 8.60. The molecule has 5 nitrogen and oxygen atoms in total. The number of nitrogens with one attached hydrogen (secondary N) is 1. The van der Waals surface area contributed by atoms with E-state index in [1.54, 1.807) is 16.8 Å². The van der Waals surface area contributed by atoms with Crippen molar-refractivity contribution in [2.24, 2.45) is 5.92 Å². The van der Waals surface area contributed by atoms with Crippen LogP contribution in [-0.2, 0) is 27.1 Å². The Morgan fingerprint density at radius 3 is 2.65 bits per heavy atom. The largest absolute Gasteiger partial charge is 0.310 e. The number of hydrogen-bond acceptors (Lipinski definition) is 3. The summed E-state index contributed by atoms with van der Waals surface area (Å²) in [7, 11) is -0.975. The van der Waals surface area contributed by atoms with E-state index in [9.17, 15) is 13.4 Å². The maximum absolute atomic E-state index is 13.2. The Morgan fingerprint density at radius 1 is 1.19 bits per heavy atom. The third kappa shape index (κ3) is 3.58. The second-order valence-electron chi connectivity index (χ2n) is 7.15. The summed E-state index contributed by atoms with van der Waals surface area (Å²) in [5.74, 6) is 1.47. The van der Waals surface area contributed by atoms with Gasteiger partial charge in [-0.15, -0.1) is 0 Å². The zero-order chi connectivity index (χ0) is 18.1. The van der Waals surface area contributed by atoms with Crippen molar-refractivity contribution < 1.29 is 13.4 Å². The van der Waals surface area contributed by atoms with Crippen LogP contribution in [-0.4, -0.2) is 19.9 Å². The van der Waals surface area contributed by atoms with Crippen molar-refractivity contribution in [3.8, 4) is 5.69 Å². The van der Waals surface area contributed by atoms with Gasteiger partial charge in [0, 0.05) is 22.8 Å². The van der Waals surface area contributed by atoms with Crippen LogP contribution in [0.3, 0.4) is 0 Å². The average molecular weight is 375 g/mol. The molecule has 2 aromatic rings. The van der Waals surface area contributed by atoms with Gasteiger partial charge in [0.2, 0.25) is 5.91 Å². The molecule has 1 aromatic carbocycles. The van der Waals surface area contributed by atoms with Crippen LogP contribution in [0.4, 0.5) is 10.2 Å². The van der Waals surface area contributed by atoms with Crippen molar-refractivity contribution in [2.75, 3.05) is 5.32 Å². The topological polar surface area (TPSA) is 64.0 Å². The van der Waals surface area contributed by atoms with Crippen molar-refractivity contribution in [1.29, 1.82) is 0 Å². The van der Waals surface area contributed by atoms with E-state index in [1.807, 2.05) is 0 Å². The van der Waals surface area contributed by atoms with Gasteiger partial charge in [0.25, 0.3) is 0 Å². The van der Waals surface area contributed by atoms with Gasteiger partial charge in [-0.25, -0.2) is 9.07 Å². The van der Waals surface area contributed by atoms with E-state index in [0.717, 1.165) is 24.1 Å². The number of rotatable bonds is 4. The lowest BCUT2D eigenvalue weighted by Crippen LogP contribution is -2.20. The highest BCUT2D eigenvalue weighted by molar-refractivity contribution is 7.83. The van der Waals surface area contributed by atoms with Gasteiger partial charge in [-0.3, -0.25) is 9.00 Å². The lowest BCUT2D eigenvalue weighted by atomic mass is 9.87. The number of fused-ring (bicyclic) bond motifs is 1. The number of nitrogens with zero attached hydrogens (tertiary/aromatic N) is 2. The molecule has 1 N–H and O–H groups in total. The van der Waals surface area contributed by atoms with Gasteiger partial charge in [-0.05, 0) is 43.0 Å². The zero-order valence-electron chi connectivity index (χ0n) is 14.5. The molecular formula is C19H22FN3O2S. The number of anilines is 1. The first-order chi connectivity index (χ1) is 12.6. The summed E-state index contributed by atoms with van der Waals surface area (Å²) in [4.78, 5) is 12.6. The molecule has 1 amide bonds. The highest BCUT2D eigenvalue weighted by Gasteiger charge is 2.29. The van der Waals surface area contributed by atoms with Gasteiger partial charge in [0.05, 0.1) is 22.9 Å². The molecule has 1 atom stereocenters. The van der Waals surface area contributed by atoms with Gasteiger partial charge in [0.1, 0.15) is 11.6 Å². The second kappa shape index (κ2) is 7.31. The van der Waals surface area contributed by atoms with Crippen molar-refractivity contribution in [2.45, 2.75) is 50.0 Å². The molecule has 1 saturated carbocycles. The van der Waals surface area contributed by atoms with E-state index in [0.29, 0.717) is 35.3 Å². The SMILES string of the molecule is O=C(CC1CCCCC1)Nc1c2c(nn1-c1ccc(F)cc1)C[S@](=O)C2.